The Morgan fingerprint density at radius 2 is 2.19 bits per heavy atom. The molecule has 0 saturated carbocycles. The van der Waals surface area contributed by atoms with E-state index in [0.717, 1.165) is 6.20 Å². The van der Waals surface area contributed by atoms with Crippen molar-refractivity contribution in [1.29, 1.82) is 0 Å². The summed E-state index contributed by atoms with van der Waals surface area (Å²) in [5.74, 6) is -0.979. The smallest absolute Gasteiger partial charge is 0.269 e. The first kappa shape index (κ1) is 14.6. The number of benzene rings is 1. The van der Waals surface area contributed by atoms with E-state index in [1.54, 1.807) is 12.1 Å². The molecule has 0 bridgehead atoms. The van der Waals surface area contributed by atoms with Gasteiger partial charge in [0.1, 0.15) is 0 Å². The van der Waals surface area contributed by atoms with Crippen molar-refractivity contribution in [2.75, 3.05) is 5.32 Å². The number of nitro benzene ring substituents is 1. The van der Waals surface area contributed by atoms with Gasteiger partial charge in [0.15, 0.2) is 5.82 Å². The van der Waals surface area contributed by atoms with Crippen LogP contribution in [0.4, 0.5) is 15.8 Å². The van der Waals surface area contributed by atoms with Gasteiger partial charge in [-0.1, -0.05) is 12.1 Å². The monoisotopic (exact) mass is 289 g/mol. The van der Waals surface area contributed by atoms with E-state index in [-0.39, 0.29) is 23.7 Å². The quantitative estimate of drug-likeness (QED) is 0.677. The summed E-state index contributed by atoms with van der Waals surface area (Å²) < 4.78 is 13.3. The third-order valence-corrected chi connectivity index (χ3v) is 2.81. The van der Waals surface area contributed by atoms with E-state index in [2.05, 4.69) is 10.3 Å². The number of aromatic nitrogens is 1. The Labute approximate surface area is 119 Å². The molecule has 0 spiro atoms. The van der Waals surface area contributed by atoms with Crippen LogP contribution in [0.15, 0.2) is 42.7 Å². The number of non-ortho nitro benzene ring substituents is 1. The van der Waals surface area contributed by atoms with E-state index in [1.807, 2.05) is 0 Å². The number of amides is 1. The van der Waals surface area contributed by atoms with E-state index < -0.39 is 10.7 Å². The van der Waals surface area contributed by atoms with Crippen LogP contribution in [0.3, 0.4) is 0 Å². The van der Waals surface area contributed by atoms with Crippen LogP contribution in [-0.2, 0) is 11.2 Å². The summed E-state index contributed by atoms with van der Waals surface area (Å²) in [6.45, 7) is 0. The Morgan fingerprint density at radius 3 is 2.90 bits per heavy atom. The maximum atomic E-state index is 13.3. The number of anilines is 1. The number of carbonyl (C=O) groups excluding carboxylic acids is 1. The Balaban J connectivity index is 1.94. The molecule has 0 atom stereocenters. The maximum absolute atomic E-state index is 13.3. The summed E-state index contributed by atoms with van der Waals surface area (Å²) in [7, 11) is 0. The van der Waals surface area contributed by atoms with Gasteiger partial charge >= 0.3 is 0 Å². The highest BCUT2D eigenvalue weighted by molar-refractivity contribution is 5.90. The third-order valence-electron chi connectivity index (χ3n) is 2.81. The number of nitrogens with one attached hydrogen (secondary N) is 1. The Morgan fingerprint density at radius 1 is 1.38 bits per heavy atom. The highest BCUT2D eigenvalue weighted by atomic mass is 19.1. The molecule has 0 saturated heterocycles. The molecule has 21 heavy (non-hydrogen) atoms. The van der Waals surface area contributed by atoms with Crippen molar-refractivity contribution < 1.29 is 14.1 Å². The van der Waals surface area contributed by atoms with Crippen LogP contribution in [0.2, 0.25) is 0 Å². The number of pyridine rings is 1. The fraction of sp³-hybridized carbons (Fsp3) is 0.143. The highest BCUT2D eigenvalue weighted by Crippen LogP contribution is 2.15. The maximum Gasteiger partial charge on any atom is 0.269 e. The van der Waals surface area contributed by atoms with Crippen LogP contribution < -0.4 is 5.32 Å². The fourth-order valence-electron chi connectivity index (χ4n) is 1.77. The average Bonchev–Trinajstić information content (AvgIpc) is 2.48. The first-order valence-corrected chi connectivity index (χ1v) is 6.19. The van der Waals surface area contributed by atoms with Crippen molar-refractivity contribution in [2.45, 2.75) is 12.8 Å². The topological polar surface area (TPSA) is 85.1 Å². The van der Waals surface area contributed by atoms with Crippen LogP contribution in [-0.4, -0.2) is 15.8 Å². The van der Waals surface area contributed by atoms with Crippen molar-refractivity contribution in [3.8, 4) is 0 Å². The lowest BCUT2D eigenvalue weighted by Gasteiger charge is -2.06. The SMILES string of the molecule is O=C(CCc1cccc([N+](=O)[O-])c1)Nc1ccncc1F. The van der Waals surface area contributed by atoms with Gasteiger partial charge in [-0.3, -0.25) is 19.9 Å². The minimum Gasteiger partial charge on any atom is -0.323 e. The molecule has 108 valence electrons. The summed E-state index contributed by atoms with van der Waals surface area (Å²) >= 11 is 0. The lowest BCUT2D eigenvalue weighted by molar-refractivity contribution is -0.384. The minimum atomic E-state index is -0.610. The number of nitrogens with zero attached hydrogens (tertiary/aromatic N) is 2. The molecule has 0 aliphatic rings. The fourth-order valence-corrected chi connectivity index (χ4v) is 1.77. The zero-order valence-corrected chi connectivity index (χ0v) is 11.0. The normalized spacial score (nSPS) is 10.1. The van der Waals surface area contributed by atoms with E-state index in [9.17, 15) is 19.3 Å². The first-order chi connectivity index (χ1) is 10.1. The van der Waals surface area contributed by atoms with Crippen molar-refractivity contribution >= 4 is 17.3 Å². The third kappa shape index (κ3) is 4.07. The second kappa shape index (κ2) is 6.56. The van der Waals surface area contributed by atoms with Gasteiger partial charge in [0.25, 0.3) is 5.69 Å². The van der Waals surface area contributed by atoms with Gasteiger partial charge in [-0.2, -0.15) is 0 Å². The molecule has 2 rings (SSSR count). The van der Waals surface area contributed by atoms with Crippen LogP contribution in [0, 0.1) is 15.9 Å². The van der Waals surface area contributed by atoms with Gasteiger partial charge in [-0.05, 0) is 18.1 Å². The molecule has 2 aromatic rings. The molecule has 1 heterocycles. The van der Waals surface area contributed by atoms with Gasteiger partial charge in [-0.25, -0.2) is 4.39 Å². The molecular weight excluding hydrogens is 277 g/mol. The lowest BCUT2D eigenvalue weighted by Crippen LogP contribution is -2.13. The molecule has 0 radical (unpaired) electrons. The number of hydrogen-bond acceptors (Lipinski definition) is 4. The van der Waals surface area contributed by atoms with Gasteiger partial charge in [0.05, 0.1) is 16.8 Å². The largest absolute Gasteiger partial charge is 0.323 e. The second-order valence-corrected chi connectivity index (χ2v) is 4.33. The summed E-state index contributed by atoms with van der Waals surface area (Å²) in [6, 6.07) is 7.43. The minimum absolute atomic E-state index is 0.0203. The summed E-state index contributed by atoms with van der Waals surface area (Å²) in [4.78, 5) is 25.5. The molecule has 1 amide bonds. The van der Waals surface area contributed by atoms with E-state index in [1.165, 1.54) is 24.4 Å². The van der Waals surface area contributed by atoms with Gasteiger partial charge < -0.3 is 5.32 Å². The van der Waals surface area contributed by atoms with Crippen molar-refractivity contribution in [2.24, 2.45) is 0 Å². The van der Waals surface area contributed by atoms with Crippen LogP contribution in [0.1, 0.15) is 12.0 Å². The summed E-state index contributed by atoms with van der Waals surface area (Å²) in [6.07, 6.45) is 2.82. The van der Waals surface area contributed by atoms with E-state index in [0.29, 0.717) is 12.0 Å². The van der Waals surface area contributed by atoms with Crippen LogP contribution >= 0.6 is 0 Å². The first-order valence-electron chi connectivity index (χ1n) is 6.19. The van der Waals surface area contributed by atoms with Crippen molar-refractivity contribution in [3.05, 3.63) is 64.2 Å². The number of aryl methyl sites for hydroxylation is 1. The second-order valence-electron chi connectivity index (χ2n) is 4.33. The zero-order chi connectivity index (χ0) is 15.2. The van der Waals surface area contributed by atoms with Crippen LogP contribution in [0.25, 0.3) is 0 Å². The molecule has 0 aliphatic heterocycles. The molecule has 7 heteroatoms. The van der Waals surface area contributed by atoms with Crippen molar-refractivity contribution in [1.82, 2.24) is 4.98 Å². The number of carbonyl (C=O) groups is 1. The lowest BCUT2D eigenvalue weighted by atomic mass is 10.1. The Hall–Kier alpha value is -2.83. The molecule has 0 unspecified atom stereocenters. The van der Waals surface area contributed by atoms with E-state index in [4.69, 9.17) is 0 Å². The molecule has 0 aliphatic carbocycles. The number of hydrogen-bond donors (Lipinski definition) is 1. The molecule has 1 aromatic heterocycles. The molecule has 0 fully saturated rings. The Bertz CT molecular complexity index is 676. The molecule has 1 aromatic carbocycles. The molecular formula is C14H12FN3O3. The van der Waals surface area contributed by atoms with Gasteiger partial charge in [0, 0.05) is 24.8 Å². The van der Waals surface area contributed by atoms with Gasteiger partial charge in [0.2, 0.25) is 5.91 Å². The average molecular weight is 289 g/mol. The number of nitro groups is 1. The van der Waals surface area contributed by atoms with Gasteiger partial charge in [-0.15, -0.1) is 0 Å². The predicted octanol–water partition coefficient (Wildman–Crippen LogP) is 2.70. The predicted molar refractivity (Wildman–Crippen MR) is 74.2 cm³/mol. The zero-order valence-electron chi connectivity index (χ0n) is 11.0. The molecule has 1 N–H and O–H groups in total. The van der Waals surface area contributed by atoms with Crippen molar-refractivity contribution in [3.63, 3.8) is 0 Å². The highest BCUT2D eigenvalue weighted by Gasteiger charge is 2.09. The molecule has 6 nitrogen and oxygen atoms in total. The number of rotatable bonds is 5. The number of halogens is 1. The standard InChI is InChI=1S/C14H12FN3O3/c15-12-9-16-7-6-13(12)17-14(19)5-4-10-2-1-3-11(8-10)18(20)21/h1-3,6-9H,4-5H2,(H,16,17,19). The summed E-state index contributed by atoms with van der Waals surface area (Å²) in [5.41, 5.74) is 0.719. The van der Waals surface area contributed by atoms with E-state index >= 15 is 0 Å². The summed E-state index contributed by atoms with van der Waals surface area (Å²) in [5, 5.41) is 13.1. The van der Waals surface area contributed by atoms with Crippen LogP contribution in [0.5, 0.6) is 0 Å². The Kier molecular flexibility index (Phi) is 4.55.